The summed E-state index contributed by atoms with van der Waals surface area (Å²) >= 11 is 0. The average molecular weight is 302 g/mol. The molecule has 1 heterocycles. The molecule has 0 saturated heterocycles. The summed E-state index contributed by atoms with van der Waals surface area (Å²) in [7, 11) is 0. The molecular formula is C17H19FN2O2. The van der Waals surface area contributed by atoms with Gasteiger partial charge < -0.3 is 4.74 Å². The van der Waals surface area contributed by atoms with Crippen LogP contribution in [-0.2, 0) is 4.74 Å². The van der Waals surface area contributed by atoms with Crippen molar-refractivity contribution in [3.63, 3.8) is 0 Å². The third-order valence-corrected chi connectivity index (χ3v) is 4.07. The molecule has 1 saturated carbocycles. The molecule has 0 aliphatic heterocycles. The topological polar surface area (TPSA) is 44.1 Å². The predicted octanol–water partition coefficient (Wildman–Crippen LogP) is 3.85. The van der Waals surface area contributed by atoms with Crippen molar-refractivity contribution >= 4 is 5.97 Å². The number of carbonyl (C=O) groups excluding carboxylic acids is 1. The van der Waals surface area contributed by atoms with Crippen molar-refractivity contribution in [3.05, 3.63) is 47.5 Å². The van der Waals surface area contributed by atoms with E-state index in [4.69, 9.17) is 4.74 Å². The van der Waals surface area contributed by atoms with Gasteiger partial charge >= 0.3 is 5.97 Å². The molecule has 0 N–H and O–H groups in total. The van der Waals surface area contributed by atoms with E-state index in [0.29, 0.717) is 18.2 Å². The molecule has 0 radical (unpaired) electrons. The van der Waals surface area contributed by atoms with Crippen molar-refractivity contribution in [2.75, 3.05) is 6.61 Å². The van der Waals surface area contributed by atoms with Crippen molar-refractivity contribution in [2.45, 2.75) is 38.5 Å². The van der Waals surface area contributed by atoms with E-state index in [0.717, 1.165) is 24.2 Å². The third-order valence-electron chi connectivity index (χ3n) is 4.07. The van der Waals surface area contributed by atoms with Gasteiger partial charge in [-0.25, -0.2) is 13.9 Å². The van der Waals surface area contributed by atoms with E-state index in [1.54, 1.807) is 23.7 Å². The van der Waals surface area contributed by atoms with Gasteiger partial charge in [0.1, 0.15) is 5.82 Å². The Hall–Kier alpha value is -2.17. The van der Waals surface area contributed by atoms with Gasteiger partial charge in [0, 0.05) is 11.6 Å². The van der Waals surface area contributed by atoms with E-state index in [9.17, 15) is 9.18 Å². The Morgan fingerprint density at radius 2 is 2.00 bits per heavy atom. The molecule has 5 heteroatoms. The standard InChI is InChI=1S/C17H19FN2O2/c1-2-22-17(21)15-11-16(12-5-3-4-6-12)20(19-15)14-9-7-13(18)8-10-14/h7-12H,2-6H2,1H3. The molecule has 0 bridgehead atoms. The smallest absolute Gasteiger partial charge is 0.358 e. The summed E-state index contributed by atoms with van der Waals surface area (Å²) in [6.07, 6.45) is 4.56. The molecule has 0 spiro atoms. The number of aromatic nitrogens is 2. The average Bonchev–Trinajstić information content (AvgIpc) is 3.17. The van der Waals surface area contributed by atoms with Crippen molar-refractivity contribution in [1.29, 1.82) is 0 Å². The minimum Gasteiger partial charge on any atom is -0.461 e. The zero-order chi connectivity index (χ0) is 15.5. The zero-order valence-corrected chi connectivity index (χ0v) is 12.6. The summed E-state index contributed by atoms with van der Waals surface area (Å²) in [5, 5.41) is 4.39. The Balaban J connectivity index is 2.01. The molecule has 22 heavy (non-hydrogen) atoms. The van der Waals surface area contributed by atoms with Crippen LogP contribution in [0.15, 0.2) is 30.3 Å². The number of carbonyl (C=O) groups is 1. The maximum absolute atomic E-state index is 13.1. The highest BCUT2D eigenvalue weighted by molar-refractivity contribution is 5.87. The molecule has 1 aromatic heterocycles. The monoisotopic (exact) mass is 302 g/mol. The lowest BCUT2D eigenvalue weighted by Crippen LogP contribution is -2.08. The van der Waals surface area contributed by atoms with E-state index in [-0.39, 0.29) is 5.82 Å². The lowest BCUT2D eigenvalue weighted by atomic mass is 10.0. The zero-order valence-electron chi connectivity index (χ0n) is 12.6. The molecule has 4 nitrogen and oxygen atoms in total. The first-order valence-electron chi connectivity index (χ1n) is 7.72. The van der Waals surface area contributed by atoms with Gasteiger partial charge in [0.2, 0.25) is 0 Å². The third kappa shape index (κ3) is 2.89. The Labute approximate surface area is 128 Å². The van der Waals surface area contributed by atoms with Crippen LogP contribution in [0.3, 0.4) is 0 Å². The second kappa shape index (κ2) is 6.30. The van der Waals surface area contributed by atoms with Crippen molar-refractivity contribution in [3.8, 4) is 5.69 Å². The van der Waals surface area contributed by atoms with Crippen LogP contribution in [0.4, 0.5) is 4.39 Å². The fourth-order valence-corrected chi connectivity index (χ4v) is 3.00. The molecule has 1 aliphatic carbocycles. The fraction of sp³-hybridized carbons (Fsp3) is 0.412. The van der Waals surface area contributed by atoms with Crippen LogP contribution in [0.1, 0.15) is 54.7 Å². The Morgan fingerprint density at radius 3 is 2.64 bits per heavy atom. The number of rotatable bonds is 4. The summed E-state index contributed by atoms with van der Waals surface area (Å²) in [6.45, 7) is 2.09. The van der Waals surface area contributed by atoms with Crippen LogP contribution < -0.4 is 0 Å². The second-order valence-electron chi connectivity index (χ2n) is 5.54. The first-order chi connectivity index (χ1) is 10.7. The van der Waals surface area contributed by atoms with Crippen molar-refractivity contribution in [2.24, 2.45) is 0 Å². The second-order valence-corrected chi connectivity index (χ2v) is 5.54. The maximum Gasteiger partial charge on any atom is 0.358 e. The predicted molar refractivity (Wildman–Crippen MR) is 80.7 cm³/mol. The molecule has 3 rings (SSSR count). The normalized spacial score (nSPS) is 15.2. The van der Waals surface area contributed by atoms with Gasteiger partial charge in [0.15, 0.2) is 5.69 Å². The lowest BCUT2D eigenvalue weighted by molar-refractivity contribution is 0.0519. The summed E-state index contributed by atoms with van der Waals surface area (Å²) in [4.78, 5) is 12.0. The minimum absolute atomic E-state index is 0.288. The molecule has 0 amide bonds. The number of esters is 1. The SMILES string of the molecule is CCOC(=O)c1cc(C2CCCC2)n(-c2ccc(F)cc2)n1. The van der Waals surface area contributed by atoms with Crippen LogP contribution in [0.2, 0.25) is 0 Å². The highest BCUT2D eigenvalue weighted by Crippen LogP contribution is 2.35. The van der Waals surface area contributed by atoms with Crippen LogP contribution in [0, 0.1) is 5.82 Å². The highest BCUT2D eigenvalue weighted by atomic mass is 19.1. The molecule has 0 unspecified atom stereocenters. The van der Waals surface area contributed by atoms with Crippen LogP contribution in [0.5, 0.6) is 0 Å². The Kier molecular flexibility index (Phi) is 4.22. The first kappa shape index (κ1) is 14.8. The van der Waals surface area contributed by atoms with Gasteiger partial charge in [-0.2, -0.15) is 5.10 Å². The lowest BCUT2D eigenvalue weighted by Gasteiger charge is -2.12. The molecular weight excluding hydrogens is 283 g/mol. The number of nitrogens with zero attached hydrogens (tertiary/aromatic N) is 2. The first-order valence-corrected chi connectivity index (χ1v) is 7.72. The molecule has 0 atom stereocenters. The van der Waals surface area contributed by atoms with E-state index >= 15 is 0 Å². The Morgan fingerprint density at radius 1 is 1.32 bits per heavy atom. The molecule has 1 fully saturated rings. The van der Waals surface area contributed by atoms with Gasteiger partial charge in [0.05, 0.1) is 12.3 Å². The van der Waals surface area contributed by atoms with Crippen molar-refractivity contribution in [1.82, 2.24) is 9.78 Å². The number of hydrogen-bond donors (Lipinski definition) is 0. The van der Waals surface area contributed by atoms with Gasteiger partial charge in [-0.1, -0.05) is 12.8 Å². The quantitative estimate of drug-likeness (QED) is 0.806. The Bertz CT molecular complexity index is 658. The van der Waals surface area contributed by atoms with E-state index < -0.39 is 5.97 Å². The van der Waals surface area contributed by atoms with Crippen LogP contribution >= 0.6 is 0 Å². The molecule has 1 aliphatic rings. The minimum atomic E-state index is -0.414. The van der Waals surface area contributed by atoms with E-state index in [1.807, 2.05) is 6.07 Å². The molecule has 2 aromatic rings. The summed E-state index contributed by atoms with van der Waals surface area (Å²) in [5.41, 5.74) is 2.08. The fourth-order valence-electron chi connectivity index (χ4n) is 3.00. The number of ether oxygens (including phenoxy) is 1. The van der Waals surface area contributed by atoms with Crippen molar-refractivity contribution < 1.29 is 13.9 Å². The molecule has 116 valence electrons. The number of halogens is 1. The van der Waals surface area contributed by atoms with Gasteiger partial charge in [0.25, 0.3) is 0 Å². The van der Waals surface area contributed by atoms with Gasteiger partial charge in [-0.3, -0.25) is 0 Å². The summed E-state index contributed by atoms with van der Waals surface area (Å²) < 4.78 is 19.9. The maximum atomic E-state index is 13.1. The number of hydrogen-bond acceptors (Lipinski definition) is 3. The number of benzene rings is 1. The van der Waals surface area contributed by atoms with Gasteiger partial charge in [-0.05, 0) is 50.1 Å². The van der Waals surface area contributed by atoms with E-state index in [2.05, 4.69) is 5.10 Å². The van der Waals surface area contributed by atoms with E-state index in [1.165, 1.54) is 25.0 Å². The highest BCUT2D eigenvalue weighted by Gasteiger charge is 2.25. The summed E-state index contributed by atoms with van der Waals surface area (Å²) in [5.74, 6) is -0.313. The summed E-state index contributed by atoms with van der Waals surface area (Å²) in [6, 6.07) is 7.97. The largest absolute Gasteiger partial charge is 0.461 e. The van der Waals surface area contributed by atoms with Crippen LogP contribution in [-0.4, -0.2) is 22.4 Å². The van der Waals surface area contributed by atoms with Crippen LogP contribution in [0.25, 0.3) is 5.69 Å². The van der Waals surface area contributed by atoms with Gasteiger partial charge in [-0.15, -0.1) is 0 Å². The molecule has 1 aromatic carbocycles.